The lowest BCUT2D eigenvalue weighted by atomic mass is 10.0. The lowest BCUT2D eigenvalue weighted by Gasteiger charge is -2.11. The molecule has 0 aliphatic rings. The number of rotatable bonds is 8. The molecule has 34 heavy (non-hydrogen) atoms. The van der Waals surface area contributed by atoms with Crippen LogP contribution in [-0.2, 0) is 17.6 Å². The van der Waals surface area contributed by atoms with Gasteiger partial charge in [-0.25, -0.2) is 0 Å². The first-order valence-corrected chi connectivity index (χ1v) is 14.5. The molecule has 0 spiro atoms. The normalized spacial score (nSPS) is 12.4. The number of hydrogen-bond acceptors (Lipinski definition) is 2. The van der Waals surface area contributed by atoms with Gasteiger partial charge in [-0.15, -0.1) is 11.3 Å². The Morgan fingerprint density at radius 3 is 2.38 bits per heavy atom. The first-order chi connectivity index (χ1) is 16.6. The Labute approximate surface area is 209 Å². The summed E-state index contributed by atoms with van der Waals surface area (Å²) in [5.74, 6) is 0. The van der Waals surface area contributed by atoms with E-state index in [1.54, 1.807) is 17.6 Å². The predicted octanol–water partition coefficient (Wildman–Crippen LogP) is 9.25. The Bertz CT molecular complexity index is 1420. The van der Waals surface area contributed by atoms with Crippen molar-refractivity contribution in [1.82, 2.24) is 0 Å². The molecule has 3 heteroatoms. The number of fused-ring (bicyclic) bond motifs is 2. The van der Waals surface area contributed by atoms with Crippen LogP contribution in [-0.4, -0.2) is 10.8 Å². The molecule has 0 bridgehead atoms. The number of hydrogen-bond donors (Lipinski definition) is 0. The fourth-order valence-electron chi connectivity index (χ4n) is 4.66. The van der Waals surface area contributed by atoms with Crippen molar-refractivity contribution in [3.05, 3.63) is 90.5 Å². The summed E-state index contributed by atoms with van der Waals surface area (Å²) in [5.41, 5.74) is 4.83. The molecule has 0 radical (unpaired) electrons. The van der Waals surface area contributed by atoms with Gasteiger partial charge >= 0.3 is 0 Å². The maximum Gasteiger partial charge on any atom is 0.161 e. The molecule has 5 aromatic rings. The summed E-state index contributed by atoms with van der Waals surface area (Å²) < 4.78 is 13.8. The summed E-state index contributed by atoms with van der Waals surface area (Å²) in [6.07, 6.45) is 8.09. The van der Waals surface area contributed by atoms with Gasteiger partial charge in [-0.1, -0.05) is 74.7 Å². The number of thiophene rings is 1. The Balaban J connectivity index is 1.54. The van der Waals surface area contributed by atoms with Crippen LogP contribution in [0.5, 0.6) is 0 Å². The first kappa shape index (κ1) is 23.2. The number of aryl methyl sites for hydroxylation is 1. The molecule has 1 aromatic heterocycles. The zero-order valence-corrected chi connectivity index (χ0v) is 21.5. The Kier molecular flexibility index (Phi) is 7.05. The van der Waals surface area contributed by atoms with E-state index in [0.29, 0.717) is 0 Å². The van der Waals surface area contributed by atoms with Crippen molar-refractivity contribution in [1.29, 1.82) is 0 Å². The third kappa shape index (κ3) is 4.93. The van der Waals surface area contributed by atoms with Crippen molar-refractivity contribution < 1.29 is 4.55 Å². The monoisotopic (exact) mass is 482 g/mol. The van der Waals surface area contributed by atoms with Gasteiger partial charge in [0.05, 0.1) is 0 Å². The van der Waals surface area contributed by atoms with E-state index in [0.717, 1.165) is 22.4 Å². The molecule has 0 aliphatic heterocycles. The van der Waals surface area contributed by atoms with Crippen molar-refractivity contribution >= 4 is 43.4 Å². The molecule has 0 amide bonds. The molecule has 5 rings (SSSR count). The van der Waals surface area contributed by atoms with E-state index in [9.17, 15) is 4.55 Å². The van der Waals surface area contributed by atoms with Crippen LogP contribution in [0, 0.1) is 0 Å². The Hall–Kier alpha value is -2.59. The minimum absolute atomic E-state index is 0.894. The van der Waals surface area contributed by atoms with Gasteiger partial charge in [-0.3, -0.25) is 0 Å². The van der Waals surface area contributed by atoms with E-state index in [1.807, 2.05) is 12.1 Å². The summed E-state index contributed by atoms with van der Waals surface area (Å²) in [6.45, 7) is 2.26. The fourth-order valence-corrected chi connectivity index (χ4v) is 6.59. The van der Waals surface area contributed by atoms with Crippen molar-refractivity contribution in [2.75, 3.05) is 6.26 Å². The van der Waals surface area contributed by atoms with Crippen LogP contribution >= 0.6 is 11.3 Å². The van der Waals surface area contributed by atoms with E-state index >= 15 is 0 Å². The topological polar surface area (TPSA) is 23.1 Å². The second-order valence-corrected chi connectivity index (χ2v) is 11.5. The minimum atomic E-state index is -1.05. The summed E-state index contributed by atoms with van der Waals surface area (Å²) in [5, 5.41) is 3.85. The molecule has 0 saturated carbocycles. The van der Waals surface area contributed by atoms with Gasteiger partial charge in [0.2, 0.25) is 0 Å². The van der Waals surface area contributed by atoms with Crippen molar-refractivity contribution in [3.63, 3.8) is 0 Å². The van der Waals surface area contributed by atoms with Crippen molar-refractivity contribution in [3.8, 4) is 21.6 Å². The Morgan fingerprint density at radius 2 is 1.59 bits per heavy atom. The summed E-state index contributed by atoms with van der Waals surface area (Å²) in [7, 11) is 0. The van der Waals surface area contributed by atoms with E-state index in [2.05, 4.69) is 79.7 Å². The summed E-state index contributed by atoms with van der Waals surface area (Å²) in [4.78, 5) is 2.07. The van der Waals surface area contributed by atoms with Crippen molar-refractivity contribution in [2.24, 2.45) is 0 Å². The van der Waals surface area contributed by atoms with E-state index in [1.165, 1.54) is 62.5 Å². The fraction of sp³-hybridized carbons (Fsp3) is 0.226. The third-order valence-corrected chi connectivity index (χ3v) is 8.63. The molecule has 172 valence electrons. The van der Waals surface area contributed by atoms with Crippen LogP contribution in [0.3, 0.4) is 0 Å². The highest BCUT2D eigenvalue weighted by Gasteiger charge is 2.17. The average Bonchev–Trinajstić information content (AvgIpc) is 3.28. The standard InChI is InChI=1S/C31H30OS2/c1-3-4-5-7-10-22-13-14-25-20-29-27(18-26(25)17-22)21-30(33-29)28-19-24(15-16-31(28)34(2)32)23-11-8-6-9-12-23/h6,8-9,11-21H,3-5,7,10H2,1-2H3. The smallest absolute Gasteiger partial charge is 0.161 e. The SMILES string of the molecule is CCCCCCc1ccc2cc3sc(-c4cc(-c5ccccc5)ccc4[S+](C)[O-])cc3cc2c1. The largest absolute Gasteiger partial charge is 0.612 e. The molecule has 0 N–H and O–H groups in total. The predicted molar refractivity (Wildman–Crippen MR) is 150 cm³/mol. The van der Waals surface area contributed by atoms with Gasteiger partial charge < -0.3 is 4.55 Å². The van der Waals surface area contributed by atoms with Crippen molar-refractivity contribution in [2.45, 2.75) is 43.9 Å². The van der Waals surface area contributed by atoms with E-state index in [4.69, 9.17) is 0 Å². The summed E-state index contributed by atoms with van der Waals surface area (Å²) >= 11 is 0.737. The first-order valence-electron chi connectivity index (χ1n) is 12.1. The quantitative estimate of drug-likeness (QED) is 0.160. The van der Waals surface area contributed by atoms with Crippen LogP contribution in [0.25, 0.3) is 42.4 Å². The van der Waals surface area contributed by atoms with Crippen LogP contribution < -0.4 is 0 Å². The van der Waals surface area contributed by atoms with E-state index in [-0.39, 0.29) is 0 Å². The maximum absolute atomic E-state index is 12.6. The zero-order chi connectivity index (χ0) is 23.5. The highest BCUT2D eigenvalue weighted by molar-refractivity contribution is 7.90. The minimum Gasteiger partial charge on any atom is -0.612 e. The molecular formula is C31H30OS2. The van der Waals surface area contributed by atoms with Crippen LogP contribution in [0.1, 0.15) is 38.2 Å². The van der Waals surface area contributed by atoms with Crippen LogP contribution in [0.15, 0.2) is 89.8 Å². The van der Waals surface area contributed by atoms with Crippen LogP contribution in [0.2, 0.25) is 0 Å². The molecule has 0 fully saturated rings. The number of unbranched alkanes of at least 4 members (excludes halogenated alkanes) is 3. The average molecular weight is 483 g/mol. The molecule has 1 nitrogen and oxygen atoms in total. The molecular weight excluding hydrogens is 452 g/mol. The lowest BCUT2D eigenvalue weighted by molar-refractivity contribution is 0.601. The van der Waals surface area contributed by atoms with Gasteiger partial charge in [-0.2, -0.15) is 0 Å². The van der Waals surface area contributed by atoms with Gasteiger partial charge in [0.15, 0.2) is 4.90 Å². The van der Waals surface area contributed by atoms with E-state index < -0.39 is 11.2 Å². The molecule has 1 heterocycles. The van der Waals surface area contributed by atoms with Gasteiger partial charge in [0.25, 0.3) is 0 Å². The Morgan fingerprint density at radius 1 is 0.735 bits per heavy atom. The van der Waals surface area contributed by atoms with Crippen LogP contribution in [0.4, 0.5) is 0 Å². The zero-order valence-electron chi connectivity index (χ0n) is 19.8. The van der Waals surface area contributed by atoms with Gasteiger partial charge in [0.1, 0.15) is 6.26 Å². The van der Waals surface area contributed by atoms with Gasteiger partial charge in [0, 0.05) is 15.1 Å². The molecule has 1 atom stereocenters. The number of benzene rings is 4. The van der Waals surface area contributed by atoms with Gasteiger partial charge in [-0.05, 0) is 93.3 Å². The molecule has 0 saturated heterocycles. The maximum atomic E-state index is 12.6. The highest BCUT2D eigenvalue weighted by Crippen LogP contribution is 2.40. The third-order valence-electron chi connectivity index (χ3n) is 6.52. The molecule has 1 unspecified atom stereocenters. The second kappa shape index (κ2) is 10.4. The highest BCUT2D eigenvalue weighted by atomic mass is 32.2. The molecule has 0 aliphatic carbocycles. The molecule has 4 aromatic carbocycles. The second-order valence-electron chi connectivity index (χ2n) is 9.02. The summed E-state index contributed by atoms with van der Waals surface area (Å²) in [6, 6.07) is 30.5. The lowest BCUT2D eigenvalue weighted by Crippen LogP contribution is -1.99.